The van der Waals surface area contributed by atoms with Crippen molar-refractivity contribution in [1.29, 1.82) is 0 Å². The predicted molar refractivity (Wildman–Crippen MR) is 99.5 cm³/mol. The van der Waals surface area contributed by atoms with Crippen molar-refractivity contribution in [3.05, 3.63) is 24.2 Å². The highest BCUT2D eigenvalue weighted by Gasteiger charge is 2.42. The van der Waals surface area contributed by atoms with Crippen LogP contribution in [0, 0.1) is 11.3 Å². The molecule has 1 spiro atoms. The summed E-state index contributed by atoms with van der Waals surface area (Å²) in [5, 5.41) is 2.95. The van der Waals surface area contributed by atoms with Gasteiger partial charge in [-0.25, -0.2) is 4.79 Å². The second-order valence-electron chi connectivity index (χ2n) is 8.26. The van der Waals surface area contributed by atoms with Gasteiger partial charge in [-0.2, -0.15) is 0 Å². The molecule has 1 aromatic heterocycles. The molecule has 1 N–H and O–H groups in total. The smallest absolute Gasteiger partial charge is 0.317 e. The summed E-state index contributed by atoms with van der Waals surface area (Å²) >= 11 is 0. The van der Waals surface area contributed by atoms with E-state index in [1.165, 1.54) is 0 Å². The average molecular weight is 361 g/mol. The molecule has 26 heavy (non-hydrogen) atoms. The third kappa shape index (κ3) is 4.59. The number of hydrogen-bond donors (Lipinski definition) is 1. The Morgan fingerprint density at radius 2 is 2.19 bits per heavy atom. The molecule has 6 nitrogen and oxygen atoms in total. The molecule has 0 aromatic carbocycles. The van der Waals surface area contributed by atoms with E-state index in [4.69, 9.17) is 4.42 Å². The zero-order chi connectivity index (χ0) is 18.6. The summed E-state index contributed by atoms with van der Waals surface area (Å²) in [7, 11) is 0. The highest BCUT2D eigenvalue weighted by atomic mass is 16.3. The van der Waals surface area contributed by atoms with Gasteiger partial charge in [-0.15, -0.1) is 0 Å². The monoisotopic (exact) mass is 361 g/mol. The summed E-state index contributed by atoms with van der Waals surface area (Å²) in [5.41, 5.74) is 0.0607. The van der Waals surface area contributed by atoms with Gasteiger partial charge in [0.15, 0.2) is 0 Å². The van der Waals surface area contributed by atoms with Crippen molar-refractivity contribution in [2.45, 2.75) is 52.5 Å². The predicted octanol–water partition coefficient (Wildman–Crippen LogP) is 3.24. The number of piperidine rings is 2. The fourth-order valence-electron chi connectivity index (χ4n) is 4.12. The van der Waals surface area contributed by atoms with Crippen LogP contribution in [0.2, 0.25) is 0 Å². The first kappa shape index (κ1) is 18.8. The van der Waals surface area contributed by atoms with Gasteiger partial charge in [0.1, 0.15) is 5.76 Å². The van der Waals surface area contributed by atoms with E-state index in [0.29, 0.717) is 18.9 Å². The van der Waals surface area contributed by atoms with E-state index in [-0.39, 0.29) is 17.4 Å². The van der Waals surface area contributed by atoms with Crippen LogP contribution >= 0.6 is 0 Å². The Morgan fingerprint density at radius 3 is 2.92 bits per heavy atom. The number of carbonyl (C=O) groups excluding carboxylic acids is 2. The van der Waals surface area contributed by atoms with E-state index in [9.17, 15) is 9.59 Å². The highest BCUT2D eigenvalue weighted by molar-refractivity contribution is 5.77. The van der Waals surface area contributed by atoms with E-state index in [1.807, 2.05) is 21.9 Å². The minimum Gasteiger partial charge on any atom is -0.467 e. The van der Waals surface area contributed by atoms with Gasteiger partial charge in [-0.1, -0.05) is 13.8 Å². The maximum Gasteiger partial charge on any atom is 0.317 e. The van der Waals surface area contributed by atoms with Gasteiger partial charge in [0, 0.05) is 38.0 Å². The van der Waals surface area contributed by atoms with Crippen LogP contribution in [0.3, 0.4) is 0 Å². The molecule has 2 aliphatic heterocycles. The lowest BCUT2D eigenvalue weighted by Crippen LogP contribution is -2.56. The van der Waals surface area contributed by atoms with Gasteiger partial charge in [0.25, 0.3) is 0 Å². The summed E-state index contributed by atoms with van der Waals surface area (Å²) in [6.45, 7) is 7.94. The number of furan rings is 1. The van der Waals surface area contributed by atoms with Crippen LogP contribution in [-0.2, 0) is 11.3 Å². The first-order chi connectivity index (χ1) is 12.5. The molecule has 2 fully saturated rings. The first-order valence-electron chi connectivity index (χ1n) is 9.80. The summed E-state index contributed by atoms with van der Waals surface area (Å²) in [4.78, 5) is 28.8. The molecule has 2 aliphatic rings. The molecule has 2 saturated heterocycles. The zero-order valence-corrected chi connectivity index (χ0v) is 16.0. The number of likely N-dealkylation sites (tertiary alicyclic amines) is 2. The summed E-state index contributed by atoms with van der Waals surface area (Å²) in [6.07, 6.45) is 6.25. The van der Waals surface area contributed by atoms with E-state index < -0.39 is 0 Å². The van der Waals surface area contributed by atoms with Crippen LogP contribution < -0.4 is 5.32 Å². The first-order valence-corrected chi connectivity index (χ1v) is 9.80. The molecule has 0 unspecified atom stereocenters. The fourth-order valence-corrected chi connectivity index (χ4v) is 4.12. The molecule has 6 heteroatoms. The van der Waals surface area contributed by atoms with Crippen LogP contribution in [0.1, 0.15) is 51.7 Å². The van der Waals surface area contributed by atoms with Crippen LogP contribution in [0.25, 0.3) is 0 Å². The molecule has 144 valence electrons. The lowest BCUT2D eigenvalue weighted by molar-refractivity contribution is -0.139. The second-order valence-corrected chi connectivity index (χ2v) is 8.26. The Hall–Kier alpha value is -1.98. The average Bonchev–Trinajstić information content (AvgIpc) is 3.14. The van der Waals surface area contributed by atoms with Crippen molar-refractivity contribution in [3.8, 4) is 0 Å². The maximum atomic E-state index is 12.6. The number of urea groups is 1. The van der Waals surface area contributed by atoms with Gasteiger partial charge < -0.3 is 19.5 Å². The van der Waals surface area contributed by atoms with E-state index >= 15 is 0 Å². The summed E-state index contributed by atoms with van der Waals surface area (Å²) in [5.74, 6) is 1.62. The Morgan fingerprint density at radius 1 is 1.35 bits per heavy atom. The van der Waals surface area contributed by atoms with Crippen LogP contribution in [-0.4, -0.2) is 47.9 Å². The van der Waals surface area contributed by atoms with Crippen molar-refractivity contribution in [2.24, 2.45) is 11.3 Å². The molecule has 0 saturated carbocycles. The van der Waals surface area contributed by atoms with Crippen molar-refractivity contribution in [2.75, 3.05) is 26.2 Å². The number of hydrogen-bond acceptors (Lipinski definition) is 3. The standard InChI is InChI=1S/C20H31N3O3/c1-16(2)7-11-22-14-20(9-6-18(22)24)8-4-10-23(15-20)19(25)21-13-17-5-3-12-26-17/h3,5,12,16H,4,6-11,13-15H2,1-2H3,(H,21,25)/t20-/m0/s1. The lowest BCUT2D eigenvalue weighted by Gasteiger charge is -2.48. The van der Waals surface area contributed by atoms with Crippen molar-refractivity contribution in [3.63, 3.8) is 0 Å². The number of carbonyl (C=O) groups is 2. The lowest BCUT2D eigenvalue weighted by atomic mass is 9.73. The zero-order valence-electron chi connectivity index (χ0n) is 16.0. The Kier molecular flexibility index (Phi) is 5.89. The van der Waals surface area contributed by atoms with Crippen molar-refractivity contribution >= 4 is 11.9 Å². The molecule has 3 rings (SSSR count). The summed E-state index contributed by atoms with van der Waals surface area (Å²) < 4.78 is 5.28. The van der Waals surface area contributed by atoms with Crippen LogP contribution in [0.4, 0.5) is 4.79 Å². The fraction of sp³-hybridized carbons (Fsp3) is 0.700. The maximum absolute atomic E-state index is 12.6. The van der Waals surface area contributed by atoms with Crippen molar-refractivity contribution < 1.29 is 14.0 Å². The molecule has 3 heterocycles. The quantitative estimate of drug-likeness (QED) is 0.875. The van der Waals surface area contributed by atoms with Gasteiger partial charge in [0.2, 0.25) is 5.91 Å². The molecule has 0 radical (unpaired) electrons. The molecular formula is C20H31N3O3. The number of amides is 3. The molecule has 3 amide bonds. The molecule has 0 aliphatic carbocycles. The van der Waals surface area contributed by atoms with Gasteiger partial charge in [-0.3, -0.25) is 4.79 Å². The molecule has 0 bridgehead atoms. The van der Waals surface area contributed by atoms with Gasteiger partial charge >= 0.3 is 6.03 Å². The van der Waals surface area contributed by atoms with Crippen LogP contribution in [0.15, 0.2) is 22.8 Å². The number of nitrogens with zero attached hydrogens (tertiary/aromatic N) is 2. The normalized spacial score (nSPS) is 23.7. The van der Waals surface area contributed by atoms with E-state index in [0.717, 1.165) is 57.6 Å². The van der Waals surface area contributed by atoms with Crippen molar-refractivity contribution in [1.82, 2.24) is 15.1 Å². The van der Waals surface area contributed by atoms with E-state index in [2.05, 4.69) is 19.2 Å². The highest BCUT2D eigenvalue weighted by Crippen LogP contribution is 2.39. The van der Waals surface area contributed by atoms with Crippen LogP contribution in [0.5, 0.6) is 0 Å². The Balaban J connectivity index is 1.57. The minimum atomic E-state index is -0.0360. The third-order valence-electron chi connectivity index (χ3n) is 5.67. The SMILES string of the molecule is CC(C)CCN1C[C@]2(CCCN(C(=O)NCc3ccco3)C2)CCC1=O. The Bertz CT molecular complexity index is 614. The Labute approximate surface area is 155 Å². The number of rotatable bonds is 5. The van der Waals surface area contributed by atoms with E-state index in [1.54, 1.807) is 6.26 Å². The van der Waals surface area contributed by atoms with Gasteiger partial charge in [0.05, 0.1) is 12.8 Å². The van der Waals surface area contributed by atoms with Gasteiger partial charge in [-0.05, 0) is 43.7 Å². The molecule has 1 atom stereocenters. The topological polar surface area (TPSA) is 65.8 Å². The second kappa shape index (κ2) is 8.14. The largest absolute Gasteiger partial charge is 0.467 e. The minimum absolute atomic E-state index is 0.0360. The molecule has 1 aromatic rings. The molecular weight excluding hydrogens is 330 g/mol. The summed E-state index contributed by atoms with van der Waals surface area (Å²) in [6, 6.07) is 3.64. The third-order valence-corrected chi connectivity index (χ3v) is 5.67. The number of nitrogens with one attached hydrogen (secondary N) is 1.